The maximum absolute atomic E-state index is 12.8. The van der Waals surface area contributed by atoms with Gasteiger partial charge in [0.05, 0.1) is 5.69 Å². The molecule has 3 aromatic carbocycles. The number of hydrogen-bond acceptors (Lipinski definition) is 4. The van der Waals surface area contributed by atoms with Crippen LogP contribution in [0.2, 0.25) is 0 Å². The molecule has 2 amide bonds. The minimum absolute atomic E-state index is 0.0576. The Morgan fingerprint density at radius 1 is 0.966 bits per heavy atom. The molecule has 3 aromatic rings. The van der Waals surface area contributed by atoms with Gasteiger partial charge in [-0.05, 0) is 48.5 Å². The van der Waals surface area contributed by atoms with Crippen LogP contribution in [0.15, 0.2) is 78.9 Å². The molecule has 4 rings (SSSR count). The number of benzene rings is 3. The lowest BCUT2D eigenvalue weighted by Gasteiger charge is -2.30. The summed E-state index contributed by atoms with van der Waals surface area (Å²) >= 11 is 0. The number of hydrogen-bond donors (Lipinski definition) is 0. The van der Waals surface area contributed by atoms with Gasteiger partial charge in [-0.25, -0.2) is 0 Å². The molecule has 1 heterocycles. The van der Waals surface area contributed by atoms with E-state index in [1.165, 1.54) is 9.80 Å². The summed E-state index contributed by atoms with van der Waals surface area (Å²) in [6.07, 6.45) is 0. The topological polar surface area (TPSA) is 59.1 Å². The highest BCUT2D eigenvalue weighted by molar-refractivity contribution is 6.05. The van der Waals surface area contributed by atoms with Crippen LogP contribution in [0.1, 0.15) is 0 Å². The van der Waals surface area contributed by atoms with Crippen LogP contribution in [0, 0.1) is 0 Å². The van der Waals surface area contributed by atoms with E-state index >= 15 is 0 Å². The maximum Gasteiger partial charge on any atom is 0.265 e. The van der Waals surface area contributed by atoms with E-state index in [-0.39, 0.29) is 25.0 Å². The van der Waals surface area contributed by atoms with Crippen molar-refractivity contribution in [2.45, 2.75) is 0 Å². The molecule has 6 nitrogen and oxygen atoms in total. The van der Waals surface area contributed by atoms with Gasteiger partial charge < -0.3 is 14.4 Å². The van der Waals surface area contributed by atoms with Crippen molar-refractivity contribution in [2.24, 2.45) is 0 Å². The zero-order valence-electron chi connectivity index (χ0n) is 15.9. The molecule has 0 unspecified atom stereocenters. The average molecular weight is 388 g/mol. The van der Waals surface area contributed by atoms with E-state index < -0.39 is 0 Å². The lowest BCUT2D eigenvalue weighted by Crippen LogP contribution is -2.45. The fourth-order valence-electron chi connectivity index (χ4n) is 3.08. The Bertz CT molecular complexity index is 1020. The molecular weight excluding hydrogens is 368 g/mol. The number of ether oxygens (including phenoxy) is 2. The first-order valence-corrected chi connectivity index (χ1v) is 9.23. The van der Waals surface area contributed by atoms with Crippen molar-refractivity contribution in [3.05, 3.63) is 78.9 Å². The summed E-state index contributed by atoms with van der Waals surface area (Å²) in [6.45, 7) is -0.127. The largest absolute Gasteiger partial charge is 0.482 e. The molecule has 1 aliphatic rings. The molecule has 29 heavy (non-hydrogen) atoms. The monoisotopic (exact) mass is 388 g/mol. The average Bonchev–Trinajstić information content (AvgIpc) is 2.76. The number of anilines is 2. The van der Waals surface area contributed by atoms with Crippen LogP contribution in [0.4, 0.5) is 11.4 Å². The highest BCUT2D eigenvalue weighted by atomic mass is 16.5. The van der Waals surface area contributed by atoms with E-state index in [0.29, 0.717) is 22.9 Å². The third-order valence-corrected chi connectivity index (χ3v) is 4.68. The summed E-state index contributed by atoms with van der Waals surface area (Å²) in [7, 11) is 1.69. The SMILES string of the molecule is CN(C(=O)CN1C(=O)COc2ccccc21)c1ccc(Oc2ccccc2)cc1. The first kappa shape index (κ1) is 18.6. The number of fused-ring (bicyclic) bond motifs is 1. The van der Waals surface area contributed by atoms with Crippen molar-refractivity contribution in [3.8, 4) is 17.2 Å². The number of carbonyl (C=O) groups excluding carboxylic acids is 2. The summed E-state index contributed by atoms with van der Waals surface area (Å²) in [4.78, 5) is 28.1. The van der Waals surface area contributed by atoms with Crippen LogP contribution >= 0.6 is 0 Å². The van der Waals surface area contributed by atoms with E-state index in [2.05, 4.69) is 0 Å². The highest BCUT2D eigenvalue weighted by Gasteiger charge is 2.28. The minimum atomic E-state index is -0.239. The second kappa shape index (κ2) is 8.06. The van der Waals surface area contributed by atoms with Crippen molar-refractivity contribution in [1.82, 2.24) is 0 Å². The molecule has 0 bridgehead atoms. The Morgan fingerprint density at radius 2 is 1.62 bits per heavy atom. The van der Waals surface area contributed by atoms with Crippen molar-refractivity contribution in [3.63, 3.8) is 0 Å². The summed E-state index contributed by atoms with van der Waals surface area (Å²) in [5.74, 6) is 1.58. The van der Waals surface area contributed by atoms with Gasteiger partial charge in [0.2, 0.25) is 5.91 Å². The molecule has 146 valence electrons. The molecule has 0 aromatic heterocycles. The molecule has 0 radical (unpaired) electrons. The number of rotatable bonds is 5. The van der Waals surface area contributed by atoms with Gasteiger partial charge in [-0.2, -0.15) is 0 Å². The Labute approximate surface area is 168 Å². The Morgan fingerprint density at radius 3 is 2.38 bits per heavy atom. The fourth-order valence-corrected chi connectivity index (χ4v) is 3.08. The smallest absolute Gasteiger partial charge is 0.265 e. The summed E-state index contributed by atoms with van der Waals surface area (Å²) in [5.41, 5.74) is 1.32. The third-order valence-electron chi connectivity index (χ3n) is 4.68. The molecule has 6 heteroatoms. The predicted molar refractivity (Wildman–Crippen MR) is 111 cm³/mol. The van der Waals surface area contributed by atoms with E-state index in [4.69, 9.17) is 9.47 Å². The van der Waals surface area contributed by atoms with Gasteiger partial charge in [0.15, 0.2) is 6.61 Å². The highest BCUT2D eigenvalue weighted by Crippen LogP contribution is 2.31. The van der Waals surface area contributed by atoms with Crippen molar-refractivity contribution < 1.29 is 19.1 Å². The lowest BCUT2D eigenvalue weighted by molar-refractivity contribution is -0.124. The Kier molecular flexibility index (Phi) is 5.16. The molecule has 0 atom stereocenters. The molecule has 1 aliphatic heterocycles. The molecule has 0 aliphatic carbocycles. The number of likely N-dealkylation sites (N-methyl/N-ethyl adjacent to an activating group) is 1. The van der Waals surface area contributed by atoms with Crippen LogP contribution in [0.25, 0.3) is 0 Å². The molecular formula is C23H20N2O4. The minimum Gasteiger partial charge on any atom is -0.482 e. The molecule has 0 fully saturated rings. The van der Waals surface area contributed by atoms with E-state index in [0.717, 1.165) is 5.75 Å². The van der Waals surface area contributed by atoms with Gasteiger partial charge in [0, 0.05) is 12.7 Å². The first-order valence-electron chi connectivity index (χ1n) is 9.23. The van der Waals surface area contributed by atoms with Crippen molar-refractivity contribution in [2.75, 3.05) is 30.0 Å². The van der Waals surface area contributed by atoms with Crippen molar-refractivity contribution in [1.29, 1.82) is 0 Å². The summed E-state index contributed by atoms with van der Waals surface area (Å²) in [6, 6.07) is 23.9. The van der Waals surface area contributed by atoms with Crippen molar-refractivity contribution >= 4 is 23.2 Å². The van der Waals surface area contributed by atoms with E-state index in [9.17, 15) is 9.59 Å². The standard InChI is InChI=1S/C23H20N2O4/c1-24(17-11-13-19(14-12-17)29-18-7-3-2-4-8-18)22(26)15-25-20-9-5-6-10-21(20)28-16-23(25)27/h2-14H,15-16H2,1H3. The predicted octanol–water partition coefficient (Wildman–Crippen LogP) is 3.87. The Balaban J connectivity index is 1.45. The van der Waals surface area contributed by atoms with Gasteiger partial charge in [-0.15, -0.1) is 0 Å². The second-order valence-electron chi connectivity index (χ2n) is 6.60. The van der Waals surface area contributed by atoms with Gasteiger partial charge in [0.1, 0.15) is 23.8 Å². The van der Waals surface area contributed by atoms with Crippen LogP contribution in [-0.2, 0) is 9.59 Å². The van der Waals surface area contributed by atoms with Gasteiger partial charge >= 0.3 is 0 Å². The molecule has 0 saturated heterocycles. The Hall–Kier alpha value is -3.80. The maximum atomic E-state index is 12.8. The number of carbonyl (C=O) groups is 2. The van der Waals surface area contributed by atoms with Gasteiger partial charge in [-0.1, -0.05) is 30.3 Å². The van der Waals surface area contributed by atoms with Crippen LogP contribution in [0.5, 0.6) is 17.2 Å². The zero-order chi connectivity index (χ0) is 20.2. The normalized spacial score (nSPS) is 12.7. The first-order chi connectivity index (χ1) is 14.1. The van der Waals surface area contributed by atoms with Crippen LogP contribution in [0.3, 0.4) is 0 Å². The number of nitrogens with zero attached hydrogens (tertiary/aromatic N) is 2. The molecule has 0 saturated carbocycles. The quantitative estimate of drug-likeness (QED) is 0.666. The third kappa shape index (κ3) is 4.06. The summed E-state index contributed by atoms with van der Waals surface area (Å²) in [5, 5.41) is 0. The van der Waals surface area contributed by atoms with Crippen LogP contribution in [-0.4, -0.2) is 32.0 Å². The van der Waals surface area contributed by atoms with Gasteiger partial charge in [0.25, 0.3) is 5.91 Å². The number of para-hydroxylation sites is 3. The second-order valence-corrected chi connectivity index (χ2v) is 6.60. The molecule has 0 N–H and O–H groups in total. The van der Waals surface area contributed by atoms with Gasteiger partial charge in [-0.3, -0.25) is 14.5 Å². The fraction of sp³-hybridized carbons (Fsp3) is 0.130. The van der Waals surface area contributed by atoms with E-state index in [1.807, 2.05) is 54.6 Å². The van der Waals surface area contributed by atoms with Crippen LogP contribution < -0.4 is 19.3 Å². The molecule has 0 spiro atoms. The summed E-state index contributed by atoms with van der Waals surface area (Å²) < 4.78 is 11.2. The number of amides is 2. The van der Waals surface area contributed by atoms with E-state index in [1.54, 1.807) is 31.3 Å². The lowest BCUT2D eigenvalue weighted by atomic mass is 10.2. The zero-order valence-corrected chi connectivity index (χ0v) is 15.9.